The van der Waals surface area contributed by atoms with Crippen molar-refractivity contribution < 1.29 is 39.8 Å². The van der Waals surface area contributed by atoms with Crippen LogP contribution in [0, 0.1) is 0 Å². The largest absolute Gasteiger partial charge is 0.394 e. The van der Waals surface area contributed by atoms with Crippen LogP contribution in [0.2, 0.25) is 0 Å². The molecule has 0 radical (unpaired) electrons. The van der Waals surface area contributed by atoms with Crippen LogP contribution in [0.15, 0.2) is 48.6 Å². The number of carbonyl (C=O) groups is 1. The van der Waals surface area contributed by atoms with Gasteiger partial charge in [0.05, 0.1) is 25.4 Å². The van der Waals surface area contributed by atoms with Crippen molar-refractivity contribution in [1.29, 1.82) is 0 Å². The van der Waals surface area contributed by atoms with Crippen LogP contribution in [-0.4, -0.2) is 87.5 Å². The van der Waals surface area contributed by atoms with Gasteiger partial charge in [0.1, 0.15) is 24.4 Å². The minimum absolute atomic E-state index is 0.194. The lowest BCUT2D eigenvalue weighted by Crippen LogP contribution is -2.60. The first-order valence-corrected chi connectivity index (χ1v) is 27.4. The second-order valence-electron chi connectivity index (χ2n) is 19.0. The van der Waals surface area contributed by atoms with E-state index in [-0.39, 0.29) is 12.5 Å². The van der Waals surface area contributed by atoms with Crippen LogP contribution in [0.25, 0.3) is 0 Å². The standard InChI is InChI=1S/C56H103NO8/c1-3-5-7-9-11-13-15-17-19-21-23-25-27-29-31-33-35-37-39-41-43-45-50(59)49(48-64-56-55(63)54(62)53(61)51(47-58)65-56)57-52(60)46-44-42-40-38-36-34-32-30-28-26-24-22-20-18-16-14-12-10-8-6-4-2/h26-29,35,37,43,45,49-51,53-56,58-59,61-63H,3-25,30-34,36,38-42,44,46-48H2,1-2H3,(H,57,60)/b28-26-,29-27+,37-35+,45-43+. The zero-order valence-electron chi connectivity index (χ0n) is 42.0. The monoisotopic (exact) mass is 918 g/mol. The number of amides is 1. The van der Waals surface area contributed by atoms with E-state index in [9.17, 15) is 30.3 Å². The fourth-order valence-corrected chi connectivity index (χ4v) is 8.48. The predicted molar refractivity (Wildman–Crippen MR) is 272 cm³/mol. The topological polar surface area (TPSA) is 149 Å². The van der Waals surface area contributed by atoms with Gasteiger partial charge in [-0.15, -0.1) is 0 Å². The van der Waals surface area contributed by atoms with Crippen LogP contribution in [-0.2, 0) is 14.3 Å². The Labute approximate surface area is 399 Å². The van der Waals surface area contributed by atoms with Gasteiger partial charge in [0.25, 0.3) is 0 Å². The zero-order chi connectivity index (χ0) is 47.3. The first kappa shape index (κ1) is 61.2. The second kappa shape index (κ2) is 45.9. The molecule has 1 heterocycles. The van der Waals surface area contributed by atoms with Gasteiger partial charge in [-0.25, -0.2) is 0 Å². The Balaban J connectivity index is 2.31. The molecule has 0 aromatic carbocycles. The van der Waals surface area contributed by atoms with Crippen molar-refractivity contribution in [2.24, 2.45) is 0 Å². The molecular formula is C56H103NO8. The van der Waals surface area contributed by atoms with E-state index in [0.29, 0.717) is 6.42 Å². The van der Waals surface area contributed by atoms with Gasteiger partial charge in [0, 0.05) is 6.42 Å². The molecule has 9 heteroatoms. The van der Waals surface area contributed by atoms with Crippen molar-refractivity contribution in [3.05, 3.63) is 48.6 Å². The summed E-state index contributed by atoms with van der Waals surface area (Å²) < 4.78 is 11.2. The molecule has 1 fully saturated rings. The van der Waals surface area contributed by atoms with Crippen molar-refractivity contribution in [3.63, 3.8) is 0 Å². The van der Waals surface area contributed by atoms with Crippen LogP contribution in [0.3, 0.4) is 0 Å². The average molecular weight is 918 g/mol. The van der Waals surface area contributed by atoms with Gasteiger partial charge in [-0.05, 0) is 70.6 Å². The lowest BCUT2D eigenvalue weighted by molar-refractivity contribution is -0.302. The Hall–Kier alpha value is -1.85. The number of hydrogen-bond acceptors (Lipinski definition) is 8. The summed E-state index contributed by atoms with van der Waals surface area (Å²) >= 11 is 0. The molecule has 1 saturated heterocycles. The normalized spacial score (nSPS) is 20.3. The number of hydrogen-bond donors (Lipinski definition) is 6. The van der Waals surface area contributed by atoms with Gasteiger partial charge in [0.15, 0.2) is 6.29 Å². The summed E-state index contributed by atoms with van der Waals surface area (Å²) in [5.41, 5.74) is 0. The third-order valence-electron chi connectivity index (χ3n) is 12.9. The highest BCUT2D eigenvalue weighted by atomic mass is 16.7. The molecule has 7 unspecified atom stereocenters. The van der Waals surface area contributed by atoms with Gasteiger partial charge in [0.2, 0.25) is 5.91 Å². The van der Waals surface area contributed by atoms with Gasteiger partial charge in [-0.1, -0.05) is 217 Å². The van der Waals surface area contributed by atoms with E-state index in [1.807, 2.05) is 6.08 Å². The number of aliphatic hydroxyl groups excluding tert-OH is 5. The van der Waals surface area contributed by atoms with Gasteiger partial charge in [-0.3, -0.25) is 4.79 Å². The predicted octanol–water partition coefficient (Wildman–Crippen LogP) is 13.0. The average Bonchev–Trinajstić information content (AvgIpc) is 3.31. The quantitative estimate of drug-likeness (QED) is 0.0261. The van der Waals surface area contributed by atoms with Crippen molar-refractivity contribution in [1.82, 2.24) is 5.32 Å². The third-order valence-corrected chi connectivity index (χ3v) is 12.9. The number of unbranched alkanes of at least 4 members (excludes halogenated alkanes) is 30. The zero-order valence-corrected chi connectivity index (χ0v) is 42.0. The molecule has 9 nitrogen and oxygen atoms in total. The number of ether oxygens (including phenoxy) is 2. The maximum atomic E-state index is 13.0. The van der Waals surface area contributed by atoms with E-state index < -0.39 is 49.5 Å². The van der Waals surface area contributed by atoms with E-state index >= 15 is 0 Å². The first-order chi connectivity index (χ1) is 31.8. The first-order valence-electron chi connectivity index (χ1n) is 27.4. The highest BCUT2D eigenvalue weighted by Crippen LogP contribution is 2.23. The molecule has 7 atom stereocenters. The van der Waals surface area contributed by atoms with Crippen LogP contribution in [0.5, 0.6) is 0 Å². The van der Waals surface area contributed by atoms with E-state index in [0.717, 1.165) is 57.8 Å². The highest BCUT2D eigenvalue weighted by Gasteiger charge is 2.44. The maximum absolute atomic E-state index is 13.0. The fourth-order valence-electron chi connectivity index (χ4n) is 8.48. The maximum Gasteiger partial charge on any atom is 0.220 e. The lowest BCUT2D eigenvalue weighted by atomic mass is 9.99. The number of nitrogens with one attached hydrogen (secondary N) is 1. The SMILES string of the molecule is CCCCCCCCCCCC/C=C\CCCCCCCCCC(=O)NC(COC1OC(CO)C(O)C(O)C1O)C(O)/C=C/CC/C=C/CC/C=C/CCCCCCCCCCCCC. The number of rotatable bonds is 46. The van der Waals surface area contributed by atoms with Crippen molar-refractivity contribution in [3.8, 4) is 0 Å². The number of carbonyl (C=O) groups excluding carboxylic acids is 1. The lowest BCUT2D eigenvalue weighted by Gasteiger charge is -2.40. The minimum atomic E-state index is -1.58. The van der Waals surface area contributed by atoms with E-state index in [2.05, 4.69) is 55.6 Å². The van der Waals surface area contributed by atoms with Gasteiger partial charge in [-0.2, -0.15) is 0 Å². The smallest absolute Gasteiger partial charge is 0.220 e. The Morgan fingerprint density at radius 2 is 0.877 bits per heavy atom. The summed E-state index contributed by atoms with van der Waals surface area (Å²) in [7, 11) is 0. The number of aliphatic hydroxyl groups is 5. The fraction of sp³-hybridized carbons (Fsp3) is 0.839. The van der Waals surface area contributed by atoms with Crippen LogP contribution in [0.4, 0.5) is 0 Å². The Bertz CT molecular complexity index is 1160. The molecule has 0 saturated carbocycles. The molecule has 0 bridgehead atoms. The second-order valence-corrected chi connectivity index (χ2v) is 19.0. The van der Waals surface area contributed by atoms with Crippen LogP contribution in [0.1, 0.15) is 245 Å². The van der Waals surface area contributed by atoms with Gasteiger partial charge >= 0.3 is 0 Å². The summed E-state index contributed by atoms with van der Waals surface area (Å²) in [6.45, 7) is 3.77. The number of allylic oxidation sites excluding steroid dienone is 7. The Kier molecular flexibility index (Phi) is 43.2. The molecule has 0 aliphatic carbocycles. The van der Waals surface area contributed by atoms with Crippen molar-refractivity contribution >= 4 is 5.91 Å². The minimum Gasteiger partial charge on any atom is -0.394 e. The van der Waals surface area contributed by atoms with Gasteiger partial charge < -0.3 is 40.3 Å². The van der Waals surface area contributed by atoms with E-state index in [4.69, 9.17) is 9.47 Å². The summed E-state index contributed by atoms with van der Waals surface area (Å²) in [5, 5.41) is 54.4. The molecular weight excluding hydrogens is 815 g/mol. The molecule has 6 N–H and O–H groups in total. The van der Waals surface area contributed by atoms with Crippen LogP contribution >= 0.6 is 0 Å². The van der Waals surface area contributed by atoms with E-state index in [1.54, 1.807) is 6.08 Å². The Morgan fingerprint density at radius 1 is 0.508 bits per heavy atom. The highest BCUT2D eigenvalue weighted by molar-refractivity contribution is 5.76. The molecule has 0 aromatic heterocycles. The molecule has 1 aliphatic rings. The summed E-state index contributed by atoms with van der Waals surface area (Å²) in [4.78, 5) is 13.0. The molecule has 0 spiro atoms. The van der Waals surface area contributed by atoms with Crippen molar-refractivity contribution in [2.75, 3.05) is 13.2 Å². The molecule has 380 valence electrons. The van der Waals surface area contributed by atoms with Crippen molar-refractivity contribution in [2.45, 2.75) is 288 Å². The summed E-state index contributed by atoms with van der Waals surface area (Å²) in [6, 6.07) is -0.831. The molecule has 0 aromatic rings. The molecule has 65 heavy (non-hydrogen) atoms. The summed E-state index contributed by atoms with van der Waals surface area (Å²) in [5.74, 6) is -0.194. The van der Waals surface area contributed by atoms with E-state index in [1.165, 1.54) is 167 Å². The van der Waals surface area contributed by atoms with Crippen LogP contribution < -0.4 is 5.32 Å². The molecule has 1 rings (SSSR count). The Morgan fingerprint density at radius 3 is 1.29 bits per heavy atom. The third kappa shape index (κ3) is 35.9. The molecule has 1 amide bonds. The molecule has 1 aliphatic heterocycles. The summed E-state index contributed by atoms with van der Waals surface area (Å²) in [6.07, 6.45) is 53.1.